The molecule has 2 nitrogen and oxygen atoms in total. The number of ketones is 1. The predicted molar refractivity (Wildman–Crippen MR) is 54.4 cm³/mol. The number of hydrogen-bond acceptors (Lipinski definition) is 1. The Labute approximate surface area is 80.8 Å². The molecule has 13 heavy (non-hydrogen) atoms. The van der Waals surface area contributed by atoms with E-state index in [2.05, 4.69) is 20.6 Å². The number of nitrogens with zero attached hydrogens (tertiary/aromatic N) is 1. The lowest BCUT2D eigenvalue weighted by molar-refractivity contribution is -0.930. The van der Waals surface area contributed by atoms with Crippen LogP contribution in [0.4, 0.5) is 0 Å². The zero-order valence-electron chi connectivity index (χ0n) is 8.92. The number of quaternary nitrogens is 1. The van der Waals surface area contributed by atoms with Gasteiger partial charge in [-0.2, -0.15) is 0 Å². The minimum Gasteiger partial charge on any atom is -0.320 e. The molecule has 0 bridgehead atoms. The monoisotopic (exact) mass is 182 g/mol. The molecule has 0 saturated carbocycles. The third kappa shape index (κ3) is 1.99. The van der Waals surface area contributed by atoms with Gasteiger partial charge in [-0.05, 0) is 13.0 Å². The smallest absolute Gasteiger partial charge is 0.147 e. The Hall–Kier alpha value is -0.630. The van der Waals surface area contributed by atoms with Crippen molar-refractivity contribution >= 4 is 5.78 Å². The van der Waals surface area contributed by atoms with Gasteiger partial charge in [-0.1, -0.05) is 13.5 Å². The fourth-order valence-electron chi connectivity index (χ4n) is 2.17. The first kappa shape index (κ1) is 10.5. The summed E-state index contributed by atoms with van der Waals surface area (Å²) in [5.74, 6) is 0.647. The maximum absolute atomic E-state index is 11.5. The van der Waals surface area contributed by atoms with Crippen LogP contribution in [0.3, 0.4) is 0 Å². The first-order chi connectivity index (χ1) is 5.99. The number of piperidine rings is 1. The SMILES string of the molecule is C=CC[N@+]1(C)C[C@H](C)C(=O)C[C@@H]1C. The van der Waals surface area contributed by atoms with Crippen molar-refractivity contribution in [2.45, 2.75) is 26.3 Å². The molecule has 1 saturated heterocycles. The first-order valence-electron chi connectivity index (χ1n) is 4.97. The maximum atomic E-state index is 11.5. The largest absolute Gasteiger partial charge is 0.320 e. The molecule has 1 aliphatic heterocycles. The molecule has 3 atom stereocenters. The van der Waals surface area contributed by atoms with Crippen LogP contribution in [0.2, 0.25) is 0 Å². The van der Waals surface area contributed by atoms with Crippen molar-refractivity contribution in [2.75, 3.05) is 20.1 Å². The van der Waals surface area contributed by atoms with Crippen LogP contribution in [0.15, 0.2) is 12.7 Å². The molecule has 0 aromatic carbocycles. The highest BCUT2D eigenvalue weighted by atomic mass is 16.1. The van der Waals surface area contributed by atoms with Crippen LogP contribution in [0.25, 0.3) is 0 Å². The zero-order valence-corrected chi connectivity index (χ0v) is 8.92. The van der Waals surface area contributed by atoms with E-state index in [4.69, 9.17) is 0 Å². The van der Waals surface area contributed by atoms with Crippen molar-refractivity contribution in [3.8, 4) is 0 Å². The van der Waals surface area contributed by atoms with Gasteiger partial charge in [-0.15, -0.1) is 0 Å². The van der Waals surface area contributed by atoms with Crippen molar-refractivity contribution in [2.24, 2.45) is 5.92 Å². The molecular formula is C11H20NO+. The summed E-state index contributed by atoms with van der Waals surface area (Å²) in [5.41, 5.74) is 0. The van der Waals surface area contributed by atoms with Gasteiger partial charge in [0.05, 0.1) is 38.5 Å². The van der Waals surface area contributed by atoms with E-state index in [1.54, 1.807) is 0 Å². The lowest BCUT2D eigenvalue weighted by Gasteiger charge is -2.44. The van der Waals surface area contributed by atoms with Gasteiger partial charge in [0, 0.05) is 0 Å². The molecule has 1 heterocycles. The summed E-state index contributed by atoms with van der Waals surface area (Å²) in [6.07, 6.45) is 2.69. The van der Waals surface area contributed by atoms with E-state index in [1.165, 1.54) is 0 Å². The number of Topliss-reactive ketones (excluding diaryl/α,β-unsaturated/α-hetero) is 1. The van der Waals surface area contributed by atoms with Gasteiger partial charge in [0.2, 0.25) is 0 Å². The van der Waals surface area contributed by atoms with Gasteiger partial charge in [0.15, 0.2) is 0 Å². The summed E-state index contributed by atoms with van der Waals surface area (Å²) in [4.78, 5) is 11.5. The molecule has 74 valence electrons. The highest BCUT2D eigenvalue weighted by molar-refractivity contribution is 5.81. The van der Waals surface area contributed by atoms with Crippen LogP contribution < -0.4 is 0 Å². The summed E-state index contributed by atoms with van der Waals surface area (Å²) in [5, 5.41) is 0. The molecule has 0 N–H and O–H groups in total. The number of carbonyl (C=O) groups is 1. The number of hydrogen-bond donors (Lipinski definition) is 0. The van der Waals surface area contributed by atoms with Gasteiger partial charge in [-0.3, -0.25) is 4.79 Å². The minimum absolute atomic E-state index is 0.223. The number of rotatable bonds is 2. The van der Waals surface area contributed by atoms with E-state index in [9.17, 15) is 4.79 Å². The second kappa shape index (κ2) is 3.62. The molecule has 2 heteroatoms. The van der Waals surface area contributed by atoms with Gasteiger partial charge in [0.25, 0.3) is 0 Å². The second-order valence-electron chi connectivity index (χ2n) is 4.55. The Bertz CT molecular complexity index is 224. The van der Waals surface area contributed by atoms with Crippen LogP contribution in [-0.4, -0.2) is 36.4 Å². The molecule has 1 aliphatic rings. The molecule has 0 aliphatic carbocycles. The van der Waals surface area contributed by atoms with Gasteiger partial charge >= 0.3 is 0 Å². The molecule has 0 spiro atoms. The van der Waals surface area contributed by atoms with E-state index in [1.807, 2.05) is 13.0 Å². The molecule has 0 unspecified atom stereocenters. The van der Waals surface area contributed by atoms with Crippen LogP contribution in [0, 0.1) is 5.92 Å². The molecule has 1 fully saturated rings. The van der Waals surface area contributed by atoms with E-state index >= 15 is 0 Å². The molecule has 0 aromatic heterocycles. The predicted octanol–water partition coefficient (Wildman–Crippen LogP) is 1.62. The van der Waals surface area contributed by atoms with Crippen LogP contribution in [0.1, 0.15) is 20.3 Å². The summed E-state index contributed by atoms with van der Waals surface area (Å²) < 4.78 is 0.969. The molecular weight excluding hydrogens is 162 g/mol. The van der Waals surface area contributed by atoms with Crippen molar-refractivity contribution in [3.63, 3.8) is 0 Å². The summed E-state index contributed by atoms with van der Waals surface area (Å²) in [6, 6.07) is 0.446. The molecule has 1 rings (SSSR count). The van der Waals surface area contributed by atoms with E-state index in [0.29, 0.717) is 11.8 Å². The quantitative estimate of drug-likeness (QED) is 0.468. The van der Waals surface area contributed by atoms with Crippen molar-refractivity contribution < 1.29 is 9.28 Å². The van der Waals surface area contributed by atoms with E-state index < -0.39 is 0 Å². The van der Waals surface area contributed by atoms with Gasteiger partial charge in [-0.25, -0.2) is 0 Å². The first-order valence-corrected chi connectivity index (χ1v) is 4.97. The average molecular weight is 182 g/mol. The summed E-state index contributed by atoms with van der Waals surface area (Å²) in [7, 11) is 2.22. The number of likely N-dealkylation sites (tertiary alicyclic amines) is 1. The average Bonchev–Trinajstić information content (AvgIpc) is 2.02. The minimum atomic E-state index is 0.223. The molecule has 0 aromatic rings. The molecule has 0 amide bonds. The Morgan fingerprint density at radius 2 is 2.23 bits per heavy atom. The fraction of sp³-hybridized carbons (Fsp3) is 0.727. The molecule has 0 radical (unpaired) electrons. The standard InChI is InChI=1S/C11H20NO/c1-5-6-12(4)8-9(2)11(13)7-10(12)3/h5,9-10H,1,6-8H2,2-4H3/q+1/t9-,10-,12+/m0/s1. The third-order valence-electron chi connectivity index (χ3n) is 3.35. The second-order valence-corrected chi connectivity index (χ2v) is 4.55. The maximum Gasteiger partial charge on any atom is 0.147 e. The van der Waals surface area contributed by atoms with E-state index in [-0.39, 0.29) is 5.92 Å². The Kier molecular flexibility index (Phi) is 2.91. The normalized spacial score (nSPS) is 40.4. The van der Waals surface area contributed by atoms with Crippen LogP contribution in [0.5, 0.6) is 0 Å². The van der Waals surface area contributed by atoms with Crippen molar-refractivity contribution in [1.29, 1.82) is 0 Å². The number of likely N-dealkylation sites (N-methyl/N-ethyl adjacent to an activating group) is 1. The Balaban J connectivity index is 2.75. The lowest BCUT2D eigenvalue weighted by Crippen LogP contribution is -2.58. The Morgan fingerprint density at radius 3 is 2.77 bits per heavy atom. The highest BCUT2D eigenvalue weighted by Gasteiger charge is 2.38. The van der Waals surface area contributed by atoms with Crippen LogP contribution in [-0.2, 0) is 4.79 Å². The number of carbonyl (C=O) groups excluding carboxylic acids is 1. The lowest BCUT2D eigenvalue weighted by atomic mass is 9.91. The summed E-state index contributed by atoms with van der Waals surface area (Å²) in [6.45, 7) is 9.91. The van der Waals surface area contributed by atoms with Crippen molar-refractivity contribution in [3.05, 3.63) is 12.7 Å². The highest BCUT2D eigenvalue weighted by Crippen LogP contribution is 2.24. The zero-order chi connectivity index (χ0) is 10.1. The van der Waals surface area contributed by atoms with Crippen molar-refractivity contribution in [1.82, 2.24) is 0 Å². The van der Waals surface area contributed by atoms with E-state index in [0.717, 1.165) is 24.0 Å². The van der Waals surface area contributed by atoms with Gasteiger partial charge < -0.3 is 4.48 Å². The Morgan fingerprint density at radius 1 is 1.62 bits per heavy atom. The van der Waals surface area contributed by atoms with Crippen LogP contribution >= 0.6 is 0 Å². The topological polar surface area (TPSA) is 17.1 Å². The third-order valence-corrected chi connectivity index (χ3v) is 3.35. The summed E-state index contributed by atoms with van der Waals surface area (Å²) >= 11 is 0. The van der Waals surface area contributed by atoms with Gasteiger partial charge in [0.1, 0.15) is 5.78 Å². The fourth-order valence-corrected chi connectivity index (χ4v) is 2.17.